The first-order chi connectivity index (χ1) is 5.29. The molecule has 0 amide bonds. The largest absolute Gasteiger partial charge is 0.497 e. The van der Waals surface area contributed by atoms with Crippen molar-refractivity contribution >= 4 is 6.29 Å². The van der Waals surface area contributed by atoms with Crippen LogP contribution in [0, 0.1) is 0 Å². The van der Waals surface area contributed by atoms with Crippen molar-refractivity contribution in [2.75, 3.05) is 7.11 Å². The van der Waals surface area contributed by atoms with Gasteiger partial charge in [-0.2, -0.15) is 0 Å². The Morgan fingerprint density at radius 3 is 3.10 bits per heavy atom. The summed E-state index contributed by atoms with van der Waals surface area (Å²) in [6.45, 7) is 0. The van der Waals surface area contributed by atoms with Crippen molar-refractivity contribution in [1.29, 1.82) is 0 Å². The summed E-state index contributed by atoms with van der Waals surface area (Å²) >= 11 is 0. The van der Waals surface area contributed by atoms with E-state index in [1.807, 2.05) is 0 Å². The molecule has 0 N–H and O–H groups in total. The summed E-state index contributed by atoms with van der Waals surface area (Å²) in [4.78, 5) is 10.3. The molecule has 0 heterocycles. The lowest BCUT2D eigenvalue weighted by Gasteiger charge is -1.97. The van der Waals surface area contributed by atoms with Gasteiger partial charge in [0.1, 0.15) is 12.0 Å². The molecule has 0 spiro atoms. The Morgan fingerprint density at radius 1 is 1.70 bits per heavy atom. The Bertz CT molecular complexity index is 271. The van der Waals surface area contributed by atoms with Crippen molar-refractivity contribution in [3.8, 4) is 5.75 Å². The van der Waals surface area contributed by atoms with Gasteiger partial charge in [0.25, 0.3) is 0 Å². The van der Waals surface area contributed by atoms with Crippen molar-refractivity contribution < 1.29 is 10.9 Å². The normalized spacial score (nSPS) is 10.3. The molecule has 1 aromatic carbocycles. The van der Waals surface area contributed by atoms with Gasteiger partial charge in [0, 0.05) is 5.56 Å². The number of rotatable bonds is 2. The van der Waals surface area contributed by atoms with Crippen LogP contribution < -0.4 is 4.74 Å². The summed E-state index contributed by atoms with van der Waals surface area (Å²) in [6, 6.07) is 5.05. The van der Waals surface area contributed by atoms with Crippen LogP contribution in [0.2, 0.25) is 0 Å². The van der Waals surface area contributed by atoms with Gasteiger partial charge in [-0.3, -0.25) is 4.79 Å². The van der Waals surface area contributed by atoms with E-state index in [4.69, 9.17) is 6.11 Å². The van der Waals surface area contributed by atoms with E-state index in [1.165, 1.54) is 7.11 Å². The van der Waals surface area contributed by atoms with Gasteiger partial charge < -0.3 is 4.74 Å². The zero-order valence-electron chi connectivity index (χ0n) is 6.63. The van der Waals surface area contributed by atoms with Crippen LogP contribution >= 0.6 is 0 Å². The van der Waals surface area contributed by atoms with E-state index < -0.39 is 0 Å². The van der Waals surface area contributed by atoms with Gasteiger partial charge in [0.05, 0.1) is 8.48 Å². The van der Waals surface area contributed by atoms with Gasteiger partial charge in [-0.25, -0.2) is 0 Å². The Morgan fingerprint density at radius 2 is 2.50 bits per heavy atom. The van der Waals surface area contributed by atoms with Crippen molar-refractivity contribution in [3.05, 3.63) is 29.8 Å². The summed E-state index contributed by atoms with van der Waals surface area (Å²) in [6.07, 6.45) is 0.644. The van der Waals surface area contributed by atoms with E-state index >= 15 is 0 Å². The highest BCUT2D eigenvalue weighted by Gasteiger charge is 1.90. The molecule has 1 rings (SSSR count). The molecule has 2 nitrogen and oxygen atoms in total. The Labute approximate surface area is 60.8 Å². The van der Waals surface area contributed by atoms with Gasteiger partial charge >= 0.3 is 0 Å². The Kier molecular flexibility index (Phi) is 1.65. The lowest BCUT2D eigenvalue weighted by molar-refractivity contribution is 0.112. The van der Waals surface area contributed by atoms with Crippen molar-refractivity contribution in [3.63, 3.8) is 0 Å². The highest BCUT2D eigenvalue weighted by molar-refractivity contribution is 5.75. The van der Waals surface area contributed by atoms with Crippen LogP contribution in [-0.2, 0) is 0 Å². The second-order valence-corrected chi connectivity index (χ2v) is 1.79. The number of methoxy groups -OCH3 is 1. The minimum atomic E-state index is 0.144. The fourth-order valence-corrected chi connectivity index (χ4v) is 0.653. The van der Waals surface area contributed by atoms with E-state index in [-0.39, 0.29) is 6.04 Å². The van der Waals surface area contributed by atoms with Crippen LogP contribution in [-0.4, -0.2) is 13.4 Å². The molecular formula is C8H8O2. The molecule has 0 aliphatic carbocycles. The molecule has 0 fully saturated rings. The van der Waals surface area contributed by atoms with E-state index in [1.54, 1.807) is 18.2 Å². The average Bonchev–Trinajstić information content (AvgIpc) is 2.05. The standard InChI is InChI=1S/C8H8O2/c1-10-8-4-2-3-7(5-8)6-9/h2-6H,1H3/i5D. The quantitative estimate of drug-likeness (QED) is 0.577. The molecule has 0 saturated heterocycles. The predicted octanol–water partition coefficient (Wildman–Crippen LogP) is 1.51. The highest BCUT2D eigenvalue weighted by atomic mass is 16.5. The van der Waals surface area contributed by atoms with E-state index in [9.17, 15) is 4.79 Å². The molecule has 0 aliphatic rings. The lowest BCUT2D eigenvalue weighted by Crippen LogP contribution is -1.84. The molecule has 1 aromatic rings. The van der Waals surface area contributed by atoms with Crippen LogP contribution in [0.3, 0.4) is 0 Å². The molecule has 2 heteroatoms. The zero-order chi connectivity index (χ0) is 8.27. The third kappa shape index (κ3) is 1.35. The van der Waals surface area contributed by atoms with Crippen LogP contribution in [0.4, 0.5) is 0 Å². The number of aldehydes is 1. The number of ether oxygens (including phenoxy) is 1. The molecule has 0 aromatic heterocycles. The lowest BCUT2D eigenvalue weighted by atomic mass is 10.2. The molecule has 0 saturated carbocycles. The van der Waals surface area contributed by atoms with Gasteiger partial charge in [0.15, 0.2) is 0 Å². The summed E-state index contributed by atoms with van der Waals surface area (Å²) in [7, 11) is 1.47. The number of hydrogen-bond donors (Lipinski definition) is 0. The van der Waals surface area contributed by atoms with E-state index in [0.29, 0.717) is 17.6 Å². The minimum Gasteiger partial charge on any atom is -0.497 e. The highest BCUT2D eigenvalue weighted by Crippen LogP contribution is 2.10. The van der Waals surface area contributed by atoms with Gasteiger partial charge in [-0.1, -0.05) is 12.1 Å². The topological polar surface area (TPSA) is 26.3 Å². The van der Waals surface area contributed by atoms with Gasteiger partial charge in [-0.15, -0.1) is 0 Å². The number of carbonyl (C=O) groups excluding carboxylic acids is 1. The Hall–Kier alpha value is -1.31. The smallest absolute Gasteiger partial charge is 0.150 e. The molecule has 10 heavy (non-hydrogen) atoms. The SMILES string of the molecule is [2H]c1c(C=O)cccc1OC. The third-order valence-corrected chi connectivity index (χ3v) is 1.14. The van der Waals surface area contributed by atoms with Gasteiger partial charge in [0.2, 0.25) is 0 Å². The number of hydrogen-bond acceptors (Lipinski definition) is 2. The molecule has 0 radical (unpaired) electrons. The maximum atomic E-state index is 10.3. The molecule has 0 atom stereocenters. The zero-order valence-corrected chi connectivity index (χ0v) is 5.63. The molecule has 0 unspecified atom stereocenters. The third-order valence-electron chi connectivity index (χ3n) is 1.14. The Balaban J connectivity index is 3.20. The van der Waals surface area contributed by atoms with Crippen LogP contribution in [0.25, 0.3) is 0 Å². The first-order valence-electron chi connectivity index (χ1n) is 3.38. The monoisotopic (exact) mass is 137 g/mol. The van der Waals surface area contributed by atoms with E-state index in [0.717, 1.165) is 0 Å². The first kappa shape index (κ1) is 5.47. The van der Waals surface area contributed by atoms with E-state index in [2.05, 4.69) is 0 Å². The number of benzene rings is 1. The maximum Gasteiger partial charge on any atom is 0.150 e. The van der Waals surface area contributed by atoms with Crippen molar-refractivity contribution in [1.82, 2.24) is 0 Å². The van der Waals surface area contributed by atoms with Gasteiger partial charge in [-0.05, 0) is 12.1 Å². The predicted molar refractivity (Wildman–Crippen MR) is 38.4 cm³/mol. The first-order valence-corrected chi connectivity index (χ1v) is 2.88. The summed E-state index contributed by atoms with van der Waals surface area (Å²) in [5, 5.41) is 0. The van der Waals surface area contributed by atoms with Crippen LogP contribution in [0.1, 0.15) is 11.7 Å². The summed E-state index contributed by atoms with van der Waals surface area (Å²) in [5.41, 5.74) is 0.351. The molecule has 52 valence electrons. The van der Waals surface area contributed by atoms with Crippen LogP contribution in [0.15, 0.2) is 24.2 Å². The fraction of sp³-hybridized carbons (Fsp3) is 0.125. The van der Waals surface area contributed by atoms with Crippen LogP contribution in [0.5, 0.6) is 5.75 Å². The fourth-order valence-electron chi connectivity index (χ4n) is 0.653. The van der Waals surface area contributed by atoms with Crippen molar-refractivity contribution in [2.24, 2.45) is 0 Å². The maximum absolute atomic E-state index is 10.3. The molecular weight excluding hydrogens is 128 g/mol. The second-order valence-electron chi connectivity index (χ2n) is 1.79. The average molecular weight is 137 g/mol. The second kappa shape index (κ2) is 3.01. The molecule has 0 bridgehead atoms. The van der Waals surface area contributed by atoms with Crippen molar-refractivity contribution in [2.45, 2.75) is 0 Å². The molecule has 0 aliphatic heterocycles. The summed E-state index contributed by atoms with van der Waals surface area (Å²) < 4.78 is 12.2. The summed E-state index contributed by atoms with van der Waals surface area (Å²) in [5.74, 6) is 0.426. The minimum absolute atomic E-state index is 0.144. The number of carbonyl (C=O) groups is 1.